The Hall–Kier alpha value is -1.35. The molecule has 2 aliphatic rings. The average Bonchev–Trinajstić information content (AvgIpc) is 3.24. The van der Waals surface area contributed by atoms with E-state index in [1.807, 2.05) is 18.2 Å². The molecule has 1 aliphatic carbocycles. The highest BCUT2D eigenvalue weighted by atomic mass is 16.5. The van der Waals surface area contributed by atoms with Gasteiger partial charge < -0.3 is 10.1 Å². The molecular weight excluding hydrogens is 226 g/mol. The normalized spacial score (nSPS) is 22.4. The predicted molar refractivity (Wildman–Crippen MR) is 69.3 cm³/mol. The summed E-state index contributed by atoms with van der Waals surface area (Å²) >= 11 is 0. The fourth-order valence-electron chi connectivity index (χ4n) is 2.68. The summed E-state index contributed by atoms with van der Waals surface area (Å²) in [7, 11) is 0. The first-order chi connectivity index (χ1) is 8.81. The van der Waals surface area contributed by atoms with Gasteiger partial charge in [0.15, 0.2) is 0 Å². The van der Waals surface area contributed by atoms with Gasteiger partial charge in [-0.2, -0.15) is 0 Å². The number of nitrogens with one attached hydrogen (secondary N) is 1. The number of rotatable bonds is 3. The van der Waals surface area contributed by atoms with E-state index in [9.17, 15) is 4.79 Å². The molecular formula is C15H19NO2. The summed E-state index contributed by atoms with van der Waals surface area (Å²) in [6.07, 6.45) is 3.84. The fraction of sp³-hybridized carbons (Fsp3) is 0.533. The second-order valence-electron chi connectivity index (χ2n) is 5.31. The van der Waals surface area contributed by atoms with Crippen LogP contribution in [0, 0.1) is 0 Å². The summed E-state index contributed by atoms with van der Waals surface area (Å²) in [5, 5.41) is 3.17. The Morgan fingerprint density at radius 2 is 1.83 bits per heavy atom. The van der Waals surface area contributed by atoms with Crippen molar-refractivity contribution in [2.75, 3.05) is 13.2 Å². The van der Waals surface area contributed by atoms with Crippen LogP contribution in [0.25, 0.3) is 0 Å². The van der Waals surface area contributed by atoms with Gasteiger partial charge in [0.25, 0.3) is 0 Å². The zero-order valence-electron chi connectivity index (χ0n) is 10.5. The van der Waals surface area contributed by atoms with Crippen LogP contribution in [0.1, 0.15) is 31.2 Å². The molecule has 0 aromatic heterocycles. The molecule has 1 aromatic carbocycles. The minimum absolute atomic E-state index is 0.194. The maximum Gasteiger partial charge on any atom is 0.231 e. The lowest BCUT2D eigenvalue weighted by Crippen LogP contribution is -2.48. The monoisotopic (exact) mass is 245 g/mol. The summed E-state index contributed by atoms with van der Waals surface area (Å²) in [4.78, 5) is 12.6. The van der Waals surface area contributed by atoms with Gasteiger partial charge in [-0.3, -0.25) is 4.79 Å². The third-order valence-corrected chi connectivity index (χ3v) is 4.02. The van der Waals surface area contributed by atoms with Crippen molar-refractivity contribution in [1.29, 1.82) is 0 Å². The molecule has 0 spiro atoms. The lowest BCUT2D eigenvalue weighted by atomic mass is 9.73. The summed E-state index contributed by atoms with van der Waals surface area (Å²) in [6.45, 7) is 1.35. The van der Waals surface area contributed by atoms with Gasteiger partial charge in [-0.1, -0.05) is 30.3 Å². The van der Waals surface area contributed by atoms with E-state index >= 15 is 0 Å². The number of ether oxygens (including phenoxy) is 1. The summed E-state index contributed by atoms with van der Waals surface area (Å²) in [5.41, 5.74) is 0.758. The van der Waals surface area contributed by atoms with E-state index in [0.717, 1.165) is 31.2 Å². The third kappa shape index (κ3) is 2.15. The summed E-state index contributed by atoms with van der Waals surface area (Å²) < 4.78 is 5.44. The molecule has 18 heavy (non-hydrogen) atoms. The van der Waals surface area contributed by atoms with E-state index < -0.39 is 0 Å². The average molecular weight is 245 g/mol. The molecule has 1 saturated heterocycles. The number of carbonyl (C=O) groups excluding carboxylic acids is 1. The Balaban J connectivity index is 1.89. The molecule has 1 N–H and O–H groups in total. The van der Waals surface area contributed by atoms with Gasteiger partial charge in [-0.05, 0) is 31.2 Å². The van der Waals surface area contributed by atoms with Gasteiger partial charge in [0.05, 0.1) is 5.41 Å². The van der Waals surface area contributed by atoms with Crippen LogP contribution in [0.3, 0.4) is 0 Å². The van der Waals surface area contributed by atoms with Crippen LogP contribution in [0.2, 0.25) is 0 Å². The highest BCUT2D eigenvalue weighted by molar-refractivity contribution is 5.88. The zero-order chi connectivity index (χ0) is 12.4. The first-order valence-electron chi connectivity index (χ1n) is 6.75. The molecule has 0 atom stereocenters. The van der Waals surface area contributed by atoms with Crippen molar-refractivity contribution >= 4 is 5.91 Å². The predicted octanol–water partition coefficient (Wildman–Crippen LogP) is 2.01. The van der Waals surface area contributed by atoms with E-state index in [4.69, 9.17) is 4.74 Å². The summed E-state index contributed by atoms with van der Waals surface area (Å²) in [6, 6.07) is 10.6. The first-order valence-corrected chi connectivity index (χ1v) is 6.75. The van der Waals surface area contributed by atoms with Gasteiger partial charge in [0.2, 0.25) is 5.91 Å². The number of hydrogen-bond donors (Lipinski definition) is 1. The lowest BCUT2D eigenvalue weighted by molar-refractivity contribution is -0.130. The van der Waals surface area contributed by atoms with Crippen molar-refractivity contribution in [2.24, 2.45) is 0 Å². The molecule has 1 saturated carbocycles. The molecule has 0 unspecified atom stereocenters. The van der Waals surface area contributed by atoms with E-state index in [1.165, 1.54) is 0 Å². The van der Waals surface area contributed by atoms with Crippen LogP contribution < -0.4 is 5.32 Å². The van der Waals surface area contributed by atoms with Crippen LogP contribution in [0.5, 0.6) is 0 Å². The summed E-state index contributed by atoms with van der Waals surface area (Å²) in [5.74, 6) is 0.194. The van der Waals surface area contributed by atoms with E-state index in [-0.39, 0.29) is 11.3 Å². The van der Waals surface area contributed by atoms with Crippen LogP contribution in [-0.4, -0.2) is 25.2 Å². The van der Waals surface area contributed by atoms with Crippen molar-refractivity contribution in [2.45, 2.75) is 37.1 Å². The minimum Gasteiger partial charge on any atom is -0.381 e. The maximum atomic E-state index is 12.6. The second kappa shape index (κ2) is 4.73. The van der Waals surface area contributed by atoms with E-state index in [2.05, 4.69) is 17.4 Å². The largest absolute Gasteiger partial charge is 0.381 e. The second-order valence-corrected chi connectivity index (χ2v) is 5.31. The molecule has 1 amide bonds. The highest BCUT2D eigenvalue weighted by Gasteiger charge is 2.43. The molecule has 96 valence electrons. The Kier molecular flexibility index (Phi) is 3.08. The topological polar surface area (TPSA) is 38.3 Å². The van der Waals surface area contributed by atoms with Crippen LogP contribution in [0.4, 0.5) is 0 Å². The van der Waals surface area contributed by atoms with Crippen molar-refractivity contribution in [1.82, 2.24) is 5.32 Å². The van der Waals surface area contributed by atoms with Crippen molar-refractivity contribution < 1.29 is 9.53 Å². The Morgan fingerprint density at radius 1 is 1.17 bits per heavy atom. The fourth-order valence-corrected chi connectivity index (χ4v) is 2.68. The minimum atomic E-state index is -0.373. The molecule has 3 nitrogen and oxygen atoms in total. The molecule has 0 radical (unpaired) electrons. The molecule has 3 rings (SSSR count). The van der Waals surface area contributed by atoms with Gasteiger partial charge in [-0.25, -0.2) is 0 Å². The number of benzene rings is 1. The standard InChI is InChI=1S/C15H19NO2/c17-14(16-13-6-7-13)15(8-10-18-11-9-15)12-4-2-1-3-5-12/h1-5,13H,6-11H2,(H,16,17). The van der Waals surface area contributed by atoms with Crippen molar-refractivity contribution in [3.8, 4) is 0 Å². The molecule has 1 aromatic rings. The number of hydrogen-bond acceptors (Lipinski definition) is 2. The zero-order valence-corrected chi connectivity index (χ0v) is 10.5. The third-order valence-electron chi connectivity index (χ3n) is 4.02. The first kappa shape index (κ1) is 11.7. The van der Waals surface area contributed by atoms with Crippen LogP contribution in [0.15, 0.2) is 30.3 Å². The smallest absolute Gasteiger partial charge is 0.231 e. The Labute approximate surface area is 108 Å². The maximum absolute atomic E-state index is 12.6. The van der Waals surface area contributed by atoms with Crippen LogP contribution in [-0.2, 0) is 14.9 Å². The quantitative estimate of drug-likeness (QED) is 0.884. The van der Waals surface area contributed by atoms with Gasteiger partial charge >= 0.3 is 0 Å². The SMILES string of the molecule is O=C(NC1CC1)C1(c2ccccc2)CCOCC1. The molecule has 2 fully saturated rings. The van der Waals surface area contributed by atoms with Crippen LogP contribution >= 0.6 is 0 Å². The van der Waals surface area contributed by atoms with Gasteiger partial charge in [-0.15, -0.1) is 0 Å². The molecule has 1 aliphatic heterocycles. The Bertz CT molecular complexity index is 419. The number of carbonyl (C=O) groups is 1. The number of amides is 1. The van der Waals surface area contributed by atoms with Gasteiger partial charge in [0.1, 0.15) is 0 Å². The highest BCUT2D eigenvalue weighted by Crippen LogP contribution is 2.36. The van der Waals surface area contributed by atoms with Crippen molar-refractivity contribution in [3.63, 3.8) is 0 Å². The molecule has 0 bridgehead atoms. The van der Waals surface area contributed by atoms with E-state index in [1.54, 1.807) is 0 Å². The molecule has 1 heterocycles. The Morgan fingerprint density at radius 3 is 2.44 bits per heavy atom. The lowest BCUT2D eigenvalue weighted by Gasteiger charge is -2.36. The van der Waals surface area contributed by atoms with E-state index in [0.29, 0.717) is 19.3 Å². The molecule has 3 heteroatoms. The van der Waals surface area contributed by atoms with Gasteiger partial charge in [0, 0.05) is 19.3 Å². The van der Waals surface area contributed by atoms with Crippen molar-refractivity contribution in [3.05, 3.63) is 35.9 Å².